The molecule has 3 aliphatic heterocycles. The molecular weight excluding hydrogens is 224 g/mol. The highest BCUT2D eigenvalue weighted by Crippen LogP contribution is 2.43. The van der Waals surface area contributed by atoms with Crippen LogP contribution in [0.5, 0.6) is 0 Å². The van der Waals surface area contributed by atoms with Crippen molar-refractivity contribution in [2.75, 3.05) is 26.2 Å². The summed E-state index contributed by atoms with van der Waals surface area (Å²) in [7, 11) is 0. The SMILES string of the molecule is CCC1CC(N2CC3CNCC3C2(C)C)CCO1. The molecule has 104 valence electrons. The second kappa shape index (κ2) is 4.77. The molecule has 0 aromatic heterocycles. The summed E-state index contributed by atoms with van der Waals surface area (Å²) < 4.78 is 5.84. The zero-order chi connectivity index (χ0) is 12.8. The number of rotatable bonds is 2. The monoisotopic (exact) mass is 252 g/mol. The van der Waals surface area contributed by atoms with Crippen LogP contribution in [0.25, 0.3) is 0 Å². The molecule has 3 aliphatic rings. The van der Waals surface area contributed by atoms with Gasteiger partial charge in [0.25, 0.3) is 0 Å². The Morgan fingerprint density at radius 1 is 1.33 bits per heavy atom. The zero-order valence-electron chi connectivity index (χ0n) is 12.1. The molecule has 0 bridgehead atoms. The first kappa shape index (κ1) is 12.9. The lowest BCUT2D eigenvalue weighted by atomic mass is 9.84. The van der Waals surface area contributed by atoms with E-state index in [9.17, 15) is 0 Å². The number of nitrogens with zero attached hydrogens (tertiary/aromatic N) is 1. The van der Waals surface area contributed by atoms with Gasteiger partial charge in [-0.25, -0.2) is 0 Å². The topological polar surface area (TPSA) is 24.5 Å². The Bertz CT molecular complexity index is 305. The van der Waals surface area contributed by atoms with Gasteiger partial charge in [-0.05, 0) is 51.5 Å². The van der Waals surface area contributed by atoms with Gasteiger partial charge in [0.05, 0.1) is 6.10 Å². The van der Waals surface area contributed by atoms with E-state index < -0.39 is 0 Å². The van der Waals surface area contributed by atoms with Crippen molar-refractivity contribution >= 4 is 0 Å². The van der Waals surface area contributed by atoms with Gasteiger partial charge in [0.15, 0.2) is 0 Å². The molecule has 0 saturated carbocycles. The van der Waals surface area contributed by atoms with Crippen LogP contribution < -0.4 is 5.32 Å². The number of likely N-dealkylation sites (tertiary alicyclic amines) is 1. The Hall–Kier alpha value is -0.120. The van der Waals surface area contributed by atoms with E-state index in [1.54, 1.807) is 0 Å². The predicted octanol–water partition coefficient (Wildman–Crippen LogP) is 1.87. The molecule has 0 aliphatic carbocycles. The fourth-order valence-corrected chi connectivity index (χ4v) is 4.50. The Balaban J connectivity index is 1.72. The van der Waals surface area contributed by atoms with E-state index >= 15 is 0 Å². The van der Waals surface area contributed by atoms with Crippen LogP contribution in [-0.4, -0.2) is 48.8 Å². The van der Waals surface area contributed by atoms with E-state index in [0.717, 1.165) is 24.5 Å². The average molecular weight is 252 g/mol. The maximum atomic E-state index is 5.84. The molecule has 4 unspecified atom stereocenters. The molecule has 0 radical (unpaired) electrons. The summed E-state index contributed by atoms with van der Waals surface area (Å²) in [4.78, 5) is 2.81. The quantitative estimate of drug-likeness (QED) is 0.812. The Kier molecular flexibility index (Phi) is 3.41. The van der Waals surface area contributed by atoms with Crippen LogP contribution in [0.4, 0.5) is 0 Å². The van der Waals surface area contributed by atoms with E-state index in [2.05, 4.69) is 31.0 Å². The number of nitrogens with one attached hydrogen (secondary N) is 1. The molecule has 0 amide bonds. The molecule has 0 aromatic rings. The van der Waals surface area contributed by atoms with Gasteiger partial charge in [0.2, 0.25) is 0 Å². The molecule has 3 heteroatoms. The standard InChI is InChI=1S/C15H28N2O/c1-4-13-7-12(5-6-18-13)17-10-11-8-16-9-14(11)15(17,2)3/h11-14,16H,4-10H2,1-3H3. The first-order chi connectivity index (χ1) is 8.63. The van der Waals surface area contributed by atoms with Crippen LogP contribution in [0.15, 0.2) is 0 Å². The Morgan fingerprint density at radius 2 is 2.17 bits per heavy atom. The summed E-state index contributed by atoms with van der Waals surface area (Å²) in [6, 6.07) is 0.754. The van der Waals surface area contributed by atoms with Crippen molar-refractivity contribution in [2.45, 2.75) is 57.7 Å². The van der Waals surface area contributed by atoms with Crippen LogP contribution in [0.1, 0.15) is 40.0 Å². The van der Waals surface area contributed by atoms with Crippen molar-refractivity contribution in [3.05, 3.63) is 0 Å². The van der Waals surface area contributed by atoms with Gasteiger partial charge >= 0.3 is 0 Å². The molecule has 3 rings (SSSR count). The van der Waals surface area contributed by atoms with Crippen molar-refractivity contribution < 1.29 is 4.74 Å². The van der Waals surface area contributed by atoms with Gasteiger partial charge in [0, 0.05) is 31.3 Å². The summed E-state index contributed by atoms with van der Waals surface area (Å²) in [6.45, 7) is 11.9. The van der Waals surface area contributed by atoms with E-state index in [4.69, 9.17) is 4.74 Å². The van der Waals surface area contributed by atoms with Crippen molar-refractivity contribution in [3.8, 4) is 0 Å². The van der Waals surface area contributed by atoms with Gasteiger partial charge in [-0.3, -0.25) is 4.90 Å². The van der Waals surface area contributed by atoms with Gasteiger partial charge in [-0.1, -0.05) is 6.92 Å². The summed E-state index contributed by atoms with van der Waals surface area (Å²) in [6.07, 6.45) is 4.14. The summed E-state index contributed by atoms with van der Waals surface area (Å²) in [5.41, 5.74) is 0.370. The summed E-state index contributed by atoms with van der Waals surface area (Å²) >= 11 is 0. The maximum Gasteiger partial charge on any atom is 0.0587 e. The van der Waals surface area contributed by atoms with Crippen LogP contribution in [0.2, 0.25) is 0 Å². The highest BCUT2D eigenvalue weighted by atomic mass is 16.5. The fraction of sp³-hybridized carbons (Fsp3) is 1.00. The lowest BCUT2D eigenvalue weighted by Gasteiger charge is -2.44. The molecule has 3 heterocycles. The van der Waals surface area contributed by atoms with Crippen molar-refractivity contribution in [1.82, 2.24) is 10.2 Å². The normalized spacial score (nSPS) is 44.2. The molecular formula is C15H28N2O. The molecule has 4 atom stereocenters. The smallest absolute Gasteiger partial charge is 0.0587 e. The minimum atomic E-state index is 0.370. The van der Waals surface area contributed by atoms with Gasteiger partial charge in [0.1, 0.15) is 0 Å². The van der Waals surface area contributed by atoms with Crippen LogP contribution in [0.3, 0.4) is 0 Å². The zero-order valence-corrected chi connectivity index (χ0v) is 12.1. The third kappa shape index (κ3) is 2.00. The van der Waals surface area contributed by atoms with Gasteiger partial charge < -0.3 is 10.1 Å². The summed E-state index contributed by atoms with van der Waals surface area (Å²) in [5.74, 6) is 1.73. The van der Waals surface area contributed by atoms with Crippen LogP contribution in [0, 0.1) is 11.8 Å². The molecule has 3 nitrogen and oxygen atoms in total. The second-order valence-corrected chi connectivity index (χ2v) is 6.91. The largest absolute Gasteiger partial charge is 0.378 e. The molecule has 18 heavy (non-hydrogen) atoms. The molecule has 1 N–H and O–H groups in total. The lowest BCUT2D eigenvalue weighted by molar-refractivity contribution is -0.0454. The lowest BCUT2D eigenvalue weighted by Crippen LogP contribution is -2.52. The second-order valence-electron chi connectivity index (χ2n) is 6.91. The number of hydrogen-bond acceptors (Lipinski definition) is 3. The van der Waals surface area contributed by atoms with Crippen LogP contribution >= 0.6 is 0 Å². The van der Waals surface area contributed by atoms with Gasteiger partial charge in [-0.2, -0.15) is 0 Å². The number of fused-ring (bicyclic) bond motifs is 1. The van der Waals surface area contributed by atoms with E-state index in [1.807, 2.05) is 0 Å². The summed E-state index contributed by atoms with van der Waals surface area (Å²) in [5, 5.41) is 3.57. The molecule has 0 spiro atoms. The van der Waals surface area contributed by atoms with Crippen molar-refractivity contribution in [1.29, 1.82) is 0 Å². The Labute approximate surface area is 111 Å². The highest BCUT2D eigenvalue weighted by Gasteiger charge is 2.51. The highest BCUT2D eigenvalue weighted by molar-refractivity contribution is 5.06. The van der Waals surface area contributed by atoms with Crippen LogP contribution in [-0.2, 0) is 4.74 Å². The molecule has 3 fully saturated rings. The third-order valence-electron chi connectivity index (χ3n) is 5.65. The third-order valence-corrected chi connectivity index (χ3v) is 5.65. The maximum absolute atomic E-state index is 5.84. The number of ether oxygens (including phenoxy) is 1. The minimum Gasteiger partial charge on any atom is -0.378 e. The first-order valence-corrected chi connectivity index (χ1v) is 7.72. The minimum absolute atomic E-state index is 0.370. The molecule has 0 aromatic carbocycles. The average Bonchev–Trinajstić information content (AvgIpc) is 2.92. The molecule has 3 saturated heterocycles. The number of hydrogen-bond donors (Lipinski definition) is 1. The van der Waals surface area contributed by atoms with E-state index in [1.165, 1.54) is 38.9 Å². The first-order valence-electron chi connectivity index (χ1n) is 7.72. The fourth-order valence-electron chi connectivity index (χ4n) is 4.50. The van der Waals surface area contributed by atoms with Crippen molar-refractivity contribution in [3.63, 3.8) is 0 Å². The van der Waals surface area contributed by atoms with E-state index in [-0.39, 0.29) is 0 Å². The van der Waals surface area contributed by atoms with Crippen molar-refractivity contribution in [2.24, 2.45) is 11.8 Å². The van der Waals surface area contributed by atoms with E-state index in [0.29, 0.717) is 11.6 Å². The van der Waals surface area contributed by atoms with Gasteiger partial charge in [-0.15, -0.1) is 0 Å². The Morgan fingerprint density at radius 3 is 2.89 bits per heavy atom. The predicted molar refractivity (Wildman–Crippen MR) is 73.7 cm³/mol.